The second-order valence-corrected chi connectivity index (χ2v) is 4.27. The van der Waals surface area contributed by atoms with Gasteiger partial charge in [-0.3, -0.25) is 14.8 Å². The highest BCUT2D eigenvalue weighted by molar-refractivity contribution is 5.74. The normalized spacial score (nSPS) is 10.3. The van der Waals surface area contributed by atoms with Gasteiger partial charge in [-0.1, -0.05) is 6.07 Å². The Bertz CT molecular complexity index is 637. The molecule has 106 valence electrons. The van der Waals surface area contributed by atoms with Gasteiger partial charge >= 0.3 is 5.69 Å². The minimum absolute atomic E-state index is 0.0717. The number of nitro benzene ring substituents is 1. The van der Waals surface area contributed by atoms with Crippen LogP contribution in [0.4, 0.5) is 17.1 Å². The van der Waals surface area contributed by atoms with Crippen LogP contribution in [0.2, 0.25) is 0 Å². The molecule has 2 rings (SSSR count). The summed E-state index contributed by atoms with van der Waals surface area (Å²) in [7, 11) is 1.79. The summed E-state index contributed by atoms with van der Waals surface area (Å²) >= 11 is 0. The first kappa shape index (κ1) is 13.9. The molecule has 0 atom stereocenters. The van der Waals surface area contributed by atoms with E-state index in [2.05, 4.69) is 10.4 Å². The number of benzene rings is 1. The molecule has 0 bridgehead atoms. The van der Waals surface area contributed by atoms with E-state index in [1.165, 1.54) is 0 Å². The molecule has 0 saturated carbocycles. The van der Waals surface area contributed by atoms with Crippen LogP contribution in [0.25, 0.3) is 0 Å². The first-order chi connectivity index (χ1) is 9.52. The smallest absolute Gasteiger partial charge is 0.334 e. The van der Waals surface area contributed by atoms with Gasteiger partial charge in [0, 0.05) is 13.2 Å². The molecule has 0 saturated heterocycles. The number of ether oxygens (including phenoxy) is 1. The van der Waals surface area contributed by atoms with Gasteiger partial charge in [0.05, 0.1) is 22.9 Å². The third kappa shape index (κ3) is 2.71. The zero-order chi connectivity index (χ0) is 14.7. The quantitative estimate of drug-likeness (QED) is 0.670. The van der Waals surface area contributed by atoms with Crippen LogP contribution in [-0.2, 0) is 7.05 Å². The summed E-state index contributed by atoms with van der Waals surface area (Å²) in [5.41, 5.74) is 1.81. The van der Waals surface area contributed by atoms with Crippen LogP contribution in [0, 0.1) is 17.0 Å². The number of para-hydroxylation sites is 1. The van der Waals surface area contributed by atoms with Crippen LogP contribution in [0.15, 0.2) is 24.4 Å². The second-order valence-electron chi connectivity index (χ2n) is 4.27. The van der Waals surface area contributed by atoms with Gasteiger partial charge in [0.2, 0.25) is 0 Å². The zero-order valence-corrected chi connectivity index (χ0v) is 11.6. The van der Waals surface area contributed by atoms with Crippen molar-refractivity contribution in [2.75, 3.05) is 11.9 Å². The number of aromatic nitrogens is 2. The second kappa shape index (κ2) is 5.60. The summed E-state index contributed by atoms with van der Waals surface area (Å²) < 4.78 is 6.96. The third-order valence-electron chi connectivity index (χ3n) is 2.76. The molecular weight excluding hydrogens is 260 g/mol. The molecule has 0 radical (unpaired) electrons. The molecule has 0 aliphatic rings. The van der Waals surface area contributed by atoms with Crippen LogP contribution in [-0.4, -0.2) is 21.3 Å². The minimum Gasteiger partial charge on any atom is -0.487 e. The van der Waals surface area contributed by atoms with E-state index in [4.69, 9.17) is 4.74 Å². The topological polar surface area (TPSA) is 82.2 Å². The predicted octanol–water partition coefficient (Wildman–Crippen LogP) is 2.78. The van der Waals surface area contributed by atoms with Crippen LogP contribution in [0.1, 0.15) is 12.6 Å². The fourth-order valence-corrected chi connectivity index (χ4v) is 1.95. The number of rotatable bonds is 5. The summed E-state index contributed by atoms with van der Waals surface area (Å²) in [6, 6.07) is 4.95. The van der Waals surface area contributed by atoms with Gasteiger partial charge in [0.25, 0.3) is 0 Å². The molecular formula is C13H16N4O3. The molecule has 20 heavy (non-hydrogen) atoms. The Morgan fingerprint density at radius 1 is 1.45 bits per heavy atom. The van der Waals surface area contributed by atoms with E-state index >= 15 is 0 Å². The van der Waals surface area contributed by atoms with E-state index in [1.54, 1.807) is 43.0 Å². The lowest BCUT2D eigenvalue weighted by atomic mass is 10.2. The van der Waals surface area contributed by atoms with Crippen LogP contribution in [0.3, 0.4) is 0 Å². The predicted molar refractivity (Wildman–Crippen MR) is 75.5 cm³/mol. The van der Waals surface area contributed by atoms with E-state index in [0.29, 0.717) is 12.3 Å². The Morgan fingerprint density at radius 3 is 2.75 bits per heavy atom. The molecule has 1 N–H and O–H groups in total. The summed E-state index contributed by atoms with van der Waals surface area (Å²) in [5, 5.41) is 18.5. The number of nitrogens with one attached hydrogen (secondary N) is 1. The lowest BCUT2D eigenvalue weighted by molar-refractivity contribution is -0.384. The van der Waals surface area contributed by atoms with Crippen molar-refractivity contribution in [3.05, 3.63) is 40.2 Å². The van der Waals surface area contributed by atoms with Gasteiger partial charge < -0.3 is 10.1 Å². The molecule has 1 aromatic heterocycles. The summed E-state index contributed by atoms with van der Waals surface area (Å²) in [6.45, 7) is 3.99. The van der Waals surface area contributed by atoms with Gasteiger partial charge in [0.15, 0.2) is 5.75 Å². The van der Waals surface area contributed by atoms with Gasteiger partial charge in [0.1, 0.15) is 5.69 Å². The molecule has 2 aromatic rings. The molecule has 0 fully saturated rings. The van der Waals surface area contributed by atoms with Crippen LogP contribution >= 0.6 is 0 Å². The molecule has 0 spiro atoms. The fraction of sp³-hybridized carbons (Fsp3) is 0.308. The standard InChI is InChI=1S/C13H16N4O3/c1-4-20-12-7-5-6-10(13(12)17(18)19)14-11-8-16(3)15-9(11)2/h5-8,14H,4H2,1-3H3. The van der Waals surface area contributed by atoms with Crippen molar-refractivity contribution < 1.29 is 9.66 Å². The van der Waals surface area contributed by atoms with Crippen LogP contribution in [0.5, 0.6) is 5.75 Å². The van der Waals surface area contributed by atoms with Gasteiger partial charge in [-0.25, -0.2) is 0 Å². The van der Waals surface area contributed by atoms with Gasteiger partial charge in [-0.2, -0.15) is 5.10 Å². The first-order valence-corrected chi connectivity index (χ1v) is 6.20. The SMILES string of the molecule is CCOc1cccc(Nc2cn(C)nc2C)c1[N+](=O)[O-]. The minimum atomic E-state index is -0.445. The number of nitrogens with zero attached hydrogens (tertiary/aromatic N) is 3. The maximum Gasteiger partial charge on any atom is 0.334 e. The van der Waals surface area contributed by atoms with Crippen molar-refractivity contribution in [2.24, 2.45) is 7.05 Å². The molecule has 0 amide bonds. The van der Waals surface area contributed by atoms with Gasteiger partial charge in [-0.05, 0) is 26.0 Å². The first-order valence-electron chi connectivity index (χ1n) is 6.20. The van der Waals surface area contributed by atoms with E-state index in [-0.39, 0.29) is 11.4 Å². The number of aryl methyl sites for hydroxylation is 2. The molecule has 7 nitrogen and oxygen atoms in total. The largest absolute Gasteiger partial charge is 0.487 e. The average Bonchev–Trinajstić information content (AvgIpc) is 2.68. The molecule has 7 heteroatoms. The Morgan fingerprint density at radius 2 is 2.20 bits per heavy atom. The molecule has 0 aliphatic carbocycles. The highest BCUT2D eigenvalue weighted by Crippen LogP contribution is 2.36. The lowest BCUT2D eigenvalue weighted by Gasteiger charge is -2.09. The Labute approximate surface area is 116 Å². The zero-order valence-electron chi connectivity index (χ0n) is 11.6. The maximum absolute atomic E-state index is 11.3. The average molecular weight is 276 g/mol. The van der Waals surface area contributed by atoms with Gasteiger partial charge in [-0.15, -0.1) is 0 Å². The van der Waals surface area contributed by atoms with E-state index in [1.807, 2.05) is 6.92 Å². The number of nitro groups is 1. The van der Waals surface area contributed by atoms with Crippen molar-refractivity contribution in [1.82, 2.24) is 9.78 Å². The van der Waals surface area contributed by atoms with E-state index in [9.17, 15) is 10.1 Å². The van der Waals surface area contributed by atoms with Crippen molar-refractivity contribution in [3.8, 4) is 5.75 Å². The third-order valence-corrected chi connectivity index (χ3v) is 2.76. The molecule has 1 heterocycles. The summed E-state index contributed by atoms with van der Waals surface area (Å²) in [4.78, 5) is 10.8. The van der Waals surface area contributed by atoms with Crippen molar-refractivity contribution in [3.63, 3.8) is 0 Å². The Hall–Kier alpha value is -2.57. The Balaban J connectivity index is 2.43. The lowest BCUT2D eigenvalue weighted by Crippen LogP contribution is -2.01. The number of anilines is 2. The van der Waals surface area contributed by atoms with Crippen LogP contribution < -0.4 is 10.1 Å². The maximum atomic E-state index is 11.3. The summed E-state index contributed by atoms with van der Waals surface area (Å²) in [6.07, 6.45) is 1.77. The fourth-order valence-electron chi connectivity index (χ4n) is 1.95. The van der Waals surface area contributed by atoms with Crippen molar-refractivity contribution >= 4 is 17.1 Å². The van der Waals surface area contributed by atoms with E-state index < -0.39 is 4.92 Å². The van der Waals surface area contributed by atoms with Crippen molar-refractivity contribution in [1.29, 1.82) is 0 Å². The van der Waals surface area contributed by atoms with E-state index in [0.717, 1.165) is 11.4 Å². The highest BCUT2D eigenvalue weighted by atomic mass is 16.6. The number of hydrogen-bond acceptors (Lipinski definition) is 5. The highest BCUT2D eigenvalue weighted by Gasteiger charge is 2.21. The van der Waals surface area contributed by atoms with Crippen molar-refractivity contribution in [2.45, 2.75) is 13.8 Å². The Kier molecular flexibility index (Phi) is 3.88. The molecule has 1 aromatic carbocycles. The number of hydrogen-bond donors (Lipinski definition) is 1. The summed E-state index contributed by atoms with van der Waals surface area (Å²) in [5.74, 6) is 0.254. The molecule has 0 aliphatic heterocycles. The molecule has 0 unspecified atom stereocenters. The monoisotopic (exact) mass is 276 g/mol.